The highest BCUT2D eigenvalue weighted by atomic mass is 28.3. The zero-order valence-electron chi connectivity index (χ0n) is 32.4. The minimum Gasteiger partial charge on any atom is -0.309 e. The predicted molar refractivity (Wildman–Crippen MR) is 246 cm³/mol. The maximum atomic E-state index is 5.48. The standard InChI is InChI=1S/C54H39N3Si/c1-58(2)49-32-12-10-28-46(49)51-52(55-53(56-54(51)58)42-24-15-19-37(35-42)36-17-5-3-6-18-36)41-23-14-21-39(34-41)38-20-13-22-40(33-38)44-29-16-31-48-50(44)45-27-9-11-30-47(45)57(48)43-25-7-4-8-26-43/h3-35H,1-2H3. The molecule has 10 aromatic rings. The van der Waals surface area contributed by atoms with Gasteiger partial charge in [-0.25, -0.2) is 9.97 Å². The second-order valence-corrected chi connectivity index (χ2v) is 20.0. The Hall–Kier alpha value is -7.14. The smallest absolute Gasteiger partial charge is 0.159 e. The Kier molecular flexibility index (Phi) is 7.95. The van der Waals surface area contributed by atoms with Gasteiger partial charge in [0.05, 0.1) is 16.7 Å². The molecule has 2 aromatic heterocycles. The largest absolute Gasteiger partial charge is 0.309 e. The Labute approximate surface area is 339 Å². The molecule has 0 unspecified atom stereocenters. The summed E-state index contributed by atoms with van der Waals surface area (Å²) >= 11 is 0. The molecule has 3 heterocycles. The second-order valence-electron chi connectivity index (χ2n) is 15.8. The fourth-order valence-corrected chi connectivity index (χ4v) is 12.1. The number of fused-ring (bicyclic) bond motifs is 6. The lowest BCUT2D eigenvalue weighted by molar-refractivity contribution is 1.18. The van der Waals surface area contributed by atoms with Gasteiger partial charge < -0.3 is 4.57 Å². The zero-order chi connectivity index (χ0) is 38.8. The van der Waals surface area contributed by atoms with Crippen molar-refractivity contribution in [3.05, 3.63) is 200 Å². The van der Waals surface area contributed by atoms with Crippen LogP contribution in [0.15, 0.2) is 200 Å². The highest BCUT2D eigenvalue weighted by Gasteiger charge is 2.41. The molecule has 0 spiro atoms. The van der Waals surface area contributed by atoms with Gasteiger partial charge >= 0.3 is 0 Å². The minimum atomic E-state index is -2.13. The van der Waals surface area contributed by atoms with E-state index in [1.54, 1.807) is 0 Å². The van der Waals surface area contributed by atoms with E-state index in [1.165, 1.54) is 65.7 Å². The van der Waals surface area contributed by atoms with Gasteiger partial charge in [0.2, 0.25) is 0 Å². The number of nitrogens with zero attached hydrogens (tertiary/aromatic N) is 3. The molecule has 1 aliphatic heterocycles. The van der Waals surface area contributed by atoms with Gasteiger partial charge in [-0.05, 0) is 86.6 Å². The van der Waals surface area contributed by atoms with Crippen LogP contribution in [0.1, 0.15) is 0 Å². The SMILES string of the molecule is C[Si]1(C)c2ccccc2-c2c(-c3cccc(-c4cccc(-c5cccc6c5c5ccccc5n6-c5ccccc5)c4)c3)nc(-c3cccc(-c4ccccc4)c3)nc21. The van der Waals surface area contributed by atoms with E-state index in [0.29, 0.717) is 0 Å². The highest BCUT2D eigenvalue weighted by molar-refractivity contribution is 7.03. The summed E-state index contributed by atoms with van der Waals surface area (Å²) in [5.74, 6) is 0.773. The molecule has 58 heavy (non-hydrogen) atoms. The van der Waals surface area contributed by atoms with Crippen molar-refractivity contribution in [2.45, 2.75) is 13.1 Å². The van der Waals surface area contributed by atoms with Crippen LogP contribution in [-0.2, 0) is 0 Å². The van der Waals surface area contributed by atoms with E-state index in [0.717, 1.165) is 39.5 Å². The molecular formula is C54H39N3Si. The summed E-state index contributed by atoms with van der Waals surface area (Å²) in [6.45, 7) is 4.86. The van der Waals surface area contributed by atoms with Crippen molar-refractivity contribution in [3.8, 4) is 72.8 Å². The summed E-state index contributed by atoms with van der Waals surface area (Å²) in [5.41, 5.74) is 16.2. The van der Waals surface area contributed by atoms with Crippen molar-refractivity contribution in [1.82, 2.24) is 14.5 Å². The number of hydrogen-bond acceptors (Lipinski definition) is 2. The molecule has 11 rings (SSSR count). The van der Waals surface area contributed by atoms with Crippen LogP contribution in [0.3, 0.4) is 0 Å². The van der Waals surface area contributed by atoms with Crippen LogP contribution >= 0.6 is 0 Å². The molecule has 0 saturated heterocycles. The normalized spacial score (nSPS) is 12.8. The molecule has 0 radical (unpaired) electrons. The molecule has 1 aliphatic rings. The maximum Gasteiger partial charge on any atom is 0.159 e. The van der Waals surface area contributed by atoms with E-state index in [9.17, 15) is 0 Å². The Balaban J connectivity index is 1.06. The van der Waals surface area contributed by atoms with Crippen LogP contribution in [0, 0.1) is 0 Å². The lowest BCUT2D eigenvalue weighted by Gasteiger charge is -2.19. The molecule has 8 aromatic carbocycles. The maximum absolute atomic E-state index is 5.48. The Bertz CT molecular complexity index is 3200. The zero-order valence-corrected chi connectivity index (χ0v) is 33.4. The first kappa shape index (κ1) is 34.1. The van der Waals surface area contributed by atoms with E-state index < -0.39 is 8.07 Å². The third-order valence-corrected chi connectivity index (χ3v) is 15.3. The highest BCUT2D eigenvalue weighted by Crippen LogP contribution is 2.41. The average molecular weight is 758 g/mol. The van der Waals surface area contributed by atoms with E-state index >= 15 is 0 Å². The third-order valence-electron chi connectivity index (χ3n) is 12.0. The molecule has 3 nitrogen and oxygen atoms in total. The van der Waals surface area contributed by atoms with Gasteiger partial charge in [-0.2, -0.15) is 0 Å². The Morgan fingerprint density at radius 1 is 0.414 bits per heavy atom. The number of benzene rings is 8. The van der Waals surface area contributed by atoms with Gasteiger partial charge in [0.25, 0.3) is 0 Å². The minimum absolute atomic E-state index is 0.773. The number of aromatic nitrogens is 3. The Morgan fingerprint density at radius 2 is 0.948 bits per heavy atom. The summed E-state index contributed by atoms with van der Waals surface area (Å²) in [6, 6.07) is 72.2. The monoisotopic (exact) mass is 757 g/mol. The van der Waals surface area contributed by atoms with Crippen molar-refractivity contribution in [3.63, 3.8) is 0 Å². The summed E-state index contributed by atoms with van der Waals surface area (Å²) in [7, 11) is -2.13. The van der Waals surface area contributed by atoms with Crippen LogP contribution in [0.4, 0.5) is 0 Å². The molecule has 0 N–H and O–H groups in total. The molecule has 0 fully saturated rings. The first-order valence-corrected chi connectivity index (χ1v) is 23.0. The van der Waals surface area contributed by atoms with Crippen molar-refractivity contribution >= 4 is 40.4 Å². The second kappa shape index (κ2) is 13.5. The van der Waals surface area contributed by atoms with E-state index in [4.69, 9.17) is 9.97 Å². The number of para-hydroxylation sites is 2. The van der Waals surface area contributed by atoms with Gasteiger partial charge in [-0.1, -0.05) is 171 Å². The van der Waals surface area contributed by atoms with Crippen molar-refractivity contribution < 1.29 is 0 Å². The quantitative estimate of drug-likeness (QED) is 0.158. The first-order valence-electron chi connectivity index (χ1n) is 20.0. The summed E-state index contributed by atoms with van der Waals surface area (Å²) in [6.07, 6.45) is 0. The molecule has 0 saturated carbocycles. The fourth-order valence-electron chi connectivity index (χ4n) is 9.18. The predicted octanol–water partition coefficient (Wildman–Crippen LogP) is 12.7. The molecule has 0 amide bonds. The van der Waals surface area contributed by atoms with E-state index in [-0.39, 0.29) is 0 Å². The van der Waals surface area contributed by atoms with Crippen molar-refractivity contribution in [2.75, 3.05) is 0 Å². The molecule has 4 heteroatoms. The fraction of sp³-hybridized carbons (Fsp3) is 0.0370. The summed E-state index contributed by atoms with van der Waals surface area (Å²) in [4.78, 5) is 10.9. The van der Waals surface area contributed by atoms with Crippen molar-refractivity contribution in [1.29, 1.82) is 0 Å². The lowest BCUT2D eigenvalue weighted by atomic mass is 9.94. The van der Waals surface area contributed by atoms with Gasteiger partial charge in [-0.3, -0.25) is 0 Å². The third kappa shape index (κ3) is 5.48. The van der Waals surface area contributed by atoms with Crippen LogP contribution in [0.2, 0.25) is 13.1 Å². The molecular weight excluding hydrogens is 719 g/mol. The van der Waals surface area contributed by atoms with Gasteiger partial charge in [0.15, 0.2) is 5.82 Å². The summed E-state index contributed by atoms with van der Waals surface area (Å²) < 4.78 is 2.39. The van der Waals surface area contributed by atoms with Crippen LogP contribution in [-0.4, -0.2) is 22.6 Å². The molecule has 274 valence electrons. The van der Waals surface area contributed by atoms with E-state index in [1.807, 2.05) is 0 Å². The number of rotatable bonds is 6. The number of hydrogen-bond donors (Lipinski definition) is 0. The van der Waals surface area contributed by atoms with E-state index in [2.05, 4.69) is 218 Å². The van der Waals surface area contributed by atoms with Crippen molar-refractivity contribution in [2.24, 2.45) is 0 Å². The first-order chi connectivity index (χ1) is 28.5. The Morgan fingerprint density at radius 3 is 1.74 bits per heavy atom. The van der Waals surface area contributed by atoms with Crippen LogP contribution in [0.5, 0.6) is 0 Å². The lowest BCUT2D eigenvalue weighted by Crippen LogP contribution is -2.50. The summed E-state index contributed by atoms with van der Waals surface area (Å²) in [5, 5.41) is 5.13. The van der Waals surface area contributed by atoms with Gasteiger partial charge in [0.1, 0.15) is 8.07 Å². The van der Waals surface area contributed by atoms with Crippen LogP contribution in [0.25, 0.3) is 94.6 Å². The van der Waals surface area contributed by atoms with Crippen LogP contribution < -0.4 is 10.5 Å². The molecule has 0 atom stereocenters. The van der Waals surface area contributed by atoms with Gasteiger partial charge in [0, 0.05) is 38.5 Å². The molecule has 0 aliphatic carbocycles. The average Bonchev–Trinajstić information content (AvgIpc) is 3.75. The topological polar surface area (TPSA) is 30.7 Å². The van der Waals surface area contributed by atoms with Gasteiger partial charge in [-0.15, -0.1) is 0 Å². The molecule has 0 bridgehead atoms.